The van der Waals surface area contributed by atoms with E-state index in [0.29, 0.717) is 17.1 Å². The van der Waals surface area contributed by atoms with Gasteiger partial charge in [0.2, 0.25) is 0 Å². The number of aromatic nitrogens is 1. The maximum Gasteiger partial charge on any atom is 0.252 e. The molecule has 0 aromatic carbocycles. The predicted octanol–water partition coefficient (Wildman–Crippen LogP) is 1.39. The van der Waals surface area contributed by atoms with E-state index in [-0.39, 0.29) is 0 Å². The van der Waals surface area contributed by atoms with Gasteiger partial charge in [0.25, 0.3) is 5.91 Å². The maximum absolute atomic E-state index is 11.5. The number of carbonyl (C=O) groups is 1. The summed E-state index contributed by atoms with van der Waals surface area (Å²) < 4.78 is 0. The van der Waals surface area contributed by atoms with Crippen LogP contribution in [0.15, 0.2) is 23.7 Å². The van der Waals surface area contributed by atoms with E-state index in [1.807, 2.05) is 0 Å². The van der Waals surface area contributed by atoms with E-state index in [4.69, 9.17) is 11.5 Å². The van der Waals surface area contributed by atoms with Gasteiger partial charge >= 0.3 is 0 Å². The third-order valence-corrected chi connectivity index (χ3v) is 4.28. The molecule has 1 aliphatic rings. The zero-order valence-corrected chi connectivity index (χ0v) is 11.1. The minimum atomic E-state index is -0.495. The highest BCUT2D eigenvalue weighted by Crippen LogP contribution is 2.29. The first kappa shape index (κ1) is 12.0. The molecular weight excluding hydrogens is 260 g/mol. The lowest BCUT2D eigenvalue weighted by molar-refractivity contribution is 0.100. The smallest absolute Gasteiger partial charge is 0.252 e. The van der Waals surface area contributed by atoms with Crippen LogP contribution in [-0.2, 0) is 13.0 Å². The Morgan fingerprint density at radius 1 is 1.47 bits per heavy atom. The predicted molar refractivity (Wildman–Crippen MR) is 76.2 cm³/mol. The molecule has 1 amide bonds. The van der Waals surface area contributed by atoms with Crippen LogP contribution in [0, 0.1) is 0 Å². The van der Waals surface area contributed by atoms with Crippen molar-refractivity contribution in [1.29, 1.82) is 0 Å². The van der Waals surface area contributed by atoms with E-state index in [2.05, 4.69) is 21.3 Å². The summed E-state index contributed by atoms with van der Waals surface area (Å²) in [5.74, 6) is 0.129. The van der Waals surface area contributed by atoms with Crippen molar-refractivity contribution in [1.82, 2.24) is 4.98 Å². The second-order valence-electron chi connectivity index (χ2n) is 4.54. The SMILES string of the molecule is NC(=O)c1cc(N)cnc1N1CCc2sccc2C1. The van der Waals surface area contributed by atoms with E-state index >= 15 is 0 Å². The molecule has 0 bridgehead atoms. The molecule has 0 spiro atoms. The van der Waals surface area contributed by atoms with Gasteiger partial charge in [-0.3, -0.25) is 4.79 Å². The Hall–Kier alpha value is -2.08. The van der Waals surface area contributed by atoms with Gasteiger partial charge in [0.05, 0.1) is 17.4 Å². The minimum Gasteiger partial charge on any atom is -0.397 e. The van der Waals surface area contributed by atoms with Crippen molar-refractivity contribution in [3.8, 4) is 0 Å². The van der Waals surface area contributed by atoms with E-state index in [1.165, 1.54) is 10.4 Å². The average Bonchev–Trinajstić information content (AvgIpc) is 2.85. The zero-order chi connectivity index (χ0) is 13.4. The molecular formula is C13H14N4OS. The molecule has 0 atom stereocenters. The number of nitrogens with two attached hydrogens (primary N) is 2. The summed E-state index contributed by atoms with van der Waals surface area (Å²) in [7, 11) is 0. The monoisotopic (exact) mass is 274 g/mol. The molecule has 98 valence electrons. The number of amides is 1. The summed E-state index contributed by atoms with van der Waals surface area (Å²) in [5, 5.41) is 2.10. The van der Waals surface area contributed by atoms with Gasteiger partial charge in [-0.15, -0.1) is 11.3 Å². The highest BCUT2D eigenvalue weighted by Gasteiger charge is 2.22. The van der Waals surface area contributed by atoms with Crippen molar-refractivity contribution >= 4 is 28.7 Å². The number of rotatable bonds is 2. The first-order valence-electron chi connectivity index (χ1n) is 6.00. The largest absolute Gasteiger partial charge is 0.397 e. The number of thiophene rings is 1. The van der Waals surface area contributed by atoms with E-state index in [0.717, 1.165) is 19.5 Å². The van der Waals surface area contributed by atoms with Gasteiger partial charge in [-0.25, -0.2) is 4.98 Å². The van der Waals surface area contributed by atoms with Crippen LogP contribution in [0.1, 0.15) is 20.8 Å². The van der Waals surface area contributed by atoms with Gasteiger partial charge in [-0.05, 0) is 29.5 Å². The molecule has 0 fully saturated rings. The number of nitrogen functional groups attached to an aromatic ring is 1. The van der Waals surface area contributed by atoms with Gasteiger partial charge in [0, 0.05) is 18.0 Å². The molecule has 2 aromatic rings. The van der Waals surface area contributed by atoms with Gasteiger partial charge in [-0.2, -0.15) is 0 Å². The third-order valence-electron chi connectivity index (χ3n) is 3.26. The summed E-state index contributed by atoms with van der Waals surface area (Å²) in [4.78, 5) is 19.3. The Balaban J connectivity index is 1.98. The second-order valence-corrected chi connectivity index (χ2v) is 5.55. The Morgan fingerprint density at radius 3 is 3.11 bits per heavy atom. The average molecular weight is 274 g/mol. The second kappa shape index (κ2) is 4.55. The standard InChI is InChI=1S/C13H14N4OS/c14-9-5-10(12(15)18)13(16-6-9)17-3-1-11-8(7-17)2-4-19-11/h2,4-6H,1,3,7,14H2,(H2,15,18). The fourth-order valence-corrected chi connectivity index (χ4v) is 3.23. The molecule has 5 nitrogen and oxygen atoms in total. The molecule has 2 aromatic heterocycles. The molecule has 3 rings (SSSR count). The van der Waals surface area contributed by atoms with Gasteiger partial charge in [0.15, 0.2) is 0 Å². The quantitative estimate of drug-likeness (QED) is 0.866. The Labute approximate surface area is 114 Å². The maximum atomic E-state index is 11.5. The number of pyridine rings is 1. The summed E-state index contributed by atoms with van der Waals surface area (Å²) in [6, 6.07) is 3.71. The zero-order valence-electron chi connectivity index (χ0n) is 10.3. The molecule has 6 heteroatoms. The number of fused-ring (bicyclic) bond motifs is 1. The van der Waals surface area contributed by atoms with Gasteiger partial charge < -0.3 is 16.4 Å². The van der Waals surface area contributed by atoms with Crippen molar-refractivity contribution in [2.45, 2.75) is 13.0 Å². The van der Waals surface area contributed by atoms with Crippen molar-refractivity contribution in [3.05, 3.63) is 39.7 Å². The molecule has 0 saturated heterocycles. The molecule has 1 aliphatic heterocycles. The summed E-state index contributed by atoms with van der Waals surface area (Å²) in [5.41, 5.74) is 13.2. The van der Waals surface area contributed by atoms with Crippen LogP contribution < -0.4 is 16.4 Å². The Kier molecular flexibility index (Phi) is 2.87. The lowest BCUT2D eigenvalue weighted by Gasteiger charge is -2.29. The van der Waals surface area contributed by atoms with Crippen molar-refractivity contribution < 1.29 is 4.79 Å². The fourth-order valence-electron chi connectivity index (χ4n) is 2.34. The van der Waals surface area contributed by atoms with E-state index < -0.39 is 5.91 Å². The van der Waals surface area contributed by atoms with Crippen LogP contribution in [0.3, 0.4) is 0 Å². The number of nitrogens with zero attached hydrogens (tertiary/aromatic N) is 2. The lowest BCUT2D eigenvalue weighted by Crippen LogP contribution is -2.32. The van der Waals surface area contributed by atoms with Crippen LogP contribution >= 0.6 is 11.3 Å². The highest BCUT2D eigenvalue weighted by atomic mass is 32.1. The van der Waals surface area contributed by atoms with Crippen molar-refractivity contribution in [2.75, 3.05) is 17.2 Å². The van der Waals surface area contributed by atoms with Gasteiger partial charge in [-0.1, -0.05) is 0 Å². The topological polar surface area (TPSA) is 85.2 Å². The van der Waals surface area contributed by atoms with Gasteiger partial charge in [0.1, 0.15) is 5.82 Å². The molecule has 0 aliphatic carbocycles. The van der Waals surface area contributed by atoms with Crippen LogP contribution in [-0.4, -0.2) is 17.4 Å². The van der Waals surface area contributed by atoms with Crippen LogP contribution in [0.25, 0.3) is 0 Å². The van der Waals surface area contributed by atoms with Crippen LogP contribution in [0.5, 0.6) is 0 Å². The van der Waals surface area contributed by atoms with Crippen molar-refractivity contribution in [2.24, 2.45) is 5.73 Å². The highest BCUT2D eigenvalue weighted by molar-refractivity contribution is 7.10. The number of hydrogen-bond donors (Lipinski definition) is 2. The summed E-state index contributed by atoms with van der Waals surface area (Å²) in [6.07, 6.45) is 2.53. The van der Waals surface area contributed by atoms with Crippen molar-refractivity contribution in [3.63, 3.8) is 0 Å². The summed E-state index contributed by atoms with van der Waals surface area (Å²) in [6.45, 7) is 1.60. The Bertz CT molecular complexity index is 637. The summed E-state index contributed by atoms with van der Waals surface area (Å²) >= 11 is 1.78. The first-order valence-corrected chi connectivity index (χ1v) is 6.88. The molecule has 4 N–H and O–H groups in total. The molecule has 3 heterocycles. The minimum absolute atomic E-state index is 0.388. The number of carbonyl (C=O) groups excluding carboxylic acids is 1. The molecule has 0 saturated carbocycles. The lowest BCUT2D eigenvalue weighted by atomic mass is 10.1. The number of hydrogen-bond acceptors (Lipinski definition) is 5. The van der Waals surface area contributed by atoms with E-state index in [9.17, 15) is 4.79 Å². The molecule has 19 heavy (non-hydrogen) atoms. The normalized spacial score (nSPS) is 14.2. The van der Waals surface area contributed by atoms with Crippen LogP contribution in [0.4, 0.5) is 11.5 Å². The number of anilines is 2. The first-order chi connectivity index (χ1) is 9.15. The van der Waals surface area contributed by atoms with Crippen LogP contribution in [0.2, 0.25) is 0 Å². The third kappa shape index (κ3) is 2.15. The number of primary amides is 1. The molecule has 0 unspecified atom stereocenters. The molecule has 0 radical (unpaired) electrons. The van der Waals surface area contributed by atoms with E-state index in [1.54, 1.807) is 23.6 Å². The fraction of sp³-hybridized carbons (Fsp3) is 0.231. The Morgan fingerprint density at radius 2 is 2.32 bits per heavy atom.